The molecule has 1 aliphatic rings. The van der Waals surface area contributed by atoms with Crippen LogP contribution in [0.15, 0.2) is 30.3 Å². The Morgan fingerprint density at radius 3 is 2.42 bits per heavy atom. The maximum absolute atomic E-state index is 11.9. The molecule has 6 heteroatoms. The lowest BCUT2D eigenvalue weighted by atomic mass is 9.79. The van der Waals surface area contributed by atoms with Crippen LogP contribution in [-0.2, 0) is 21.6 Å². The maximum atomic E-state index is 11.9. The van der Waals surface area contributed by atoms with Gasteiger partial charge in [-0.3, -0.25) is 4.79 Å². The van der Waals surface area contributed by atoms with E-state index in [1.807, 2.05) is 6.07 Å². The Hall–Kier alpha value is -3.02. The lowest BCUT2D eigenvalue weighted by Crippen LogP contribution is -2.30. The summed E-state index contributed by atoms with van der Waals surface area (Å²) in [5.41, 5.74) is 2.09. The average Bonchev–Trinajstić information content (AvgIpc) is 3.00. The van der Waals surface area contributed by atoms with Crippen molar-refractivity contribution in [3.05, 3.63) is 47.0 Å². The van der Waals surface area contributed by atoms with Crippen LogP contribution >= 0.6 is 0 Å². The molecule has 0 atom stereocenters. The fraction of sp³-hybridized carbons (Fsp3) is 0.300. The van der Waals surface area contributed by atoms with Crippen molar-refractivity contribution >= 4 is 11.9 Å². The van der Waals surface area contributed by atoms with Gasteiger partial charge in [0, 0.05) is 11.1 Å². The average molecular weight is 356 g/mol. The number of carboxylic acids is 1. The Morgan fingerprint density at radius 2 is 1.81 bits per heavy atom. The predicted octanol–water partition coefficient (Wildman–Crippen LogP) is 3.40. The lowest BCUT2D eigenvalue weighted by molar-refractivity contribution is -0.142. The summed E-state index contributed by atoms with van der Waals surface area (Å²) in [7, 11) is 2.99. The van der Waals surface area contributed by atoms with Gasteiger partial charge in [0.2, 0.25) is 0 Å². The number of carboxylic acid groups (broad SMARTS) is 1. The number of benzene rings is 2. The summed E-state index contributed by atoms with van der Waals surface area (Å²) in [6.07, 6.45) is 0. The molecule has 1 aliphatic heterocycles. The van der Waals surface area contributed by atoms with Gasteiger partial charge in [-0.25, -0.2) is 4.79 Å². The summed E-state index contributed by atoms with van der Waals surface area (Å²) in [5, 5.41) is 9.78. The molecule has 1 heterocycles. The number of carbonyl (C=O) groups excluding carboxylic acids is 1. The molecule has 0 radical (unpaired) electrons. The number of cyclic esters (lactones) is 1. The van der Waals surface area contributed by atoms with Gasteiger partial charge in [-0.1, -0.05) is 12.1 Å². The zero-order valence-electron chi connectivity index (χ0n) is 15.1. The van der Waals surface area contributed by atoms with E-state index in [0.717, 1.165) is 11.1 Å². The van der Waals surface area contributed by atoms with Crippen molar-refractivity contribution in [2.24, 2.45) is 0 Å². The minimum atomic E-state index is -1.22. The third kappa shape index (κ3) is 2.67. The predicted molar refractivity (Wildman–Crippen MR) is 94.8 cm³/mol. The van der Waals surface area contributed by atoms with Crippen LogP contribution in [0, 0.1) is 0 Å². The van der Waals surface area contributed by atoms with Gasteiger partial charge in [-0.2, -0.15) is 0 Å². The second-order valence-corrected chi connectivity index (χ2v) is 6.60. The fourth-order valence-corrected chi connectivity index (χ4v) is 3.20. The number of ether oxygens (including phenoxy) is 3. The van der Waals surface area contributed by atoms with E-state index in [9.17, 15) is 14.7 Å². The van der Waals surface area contributed by atoms with Crippen molar-refractivity contribution in [2.45, 2.75) is 25.9 Å². The smallest absolute Gasteiger partial charge is 0.338 e. The Morgan fingerprint density at radius 1 is 1.12 bits per heavy atom. The normalized spacial score (nSPS) is 13.2. The number of fused-ring (bicyclic) bond motifs is 1. The molecular weight excluding hydrogens is 336 g/mol. The van der Waals surface area contributed by atoms with Crippen LogP contribution in [0.5, 0.6) is 11.5 Å². The van der Waals surface area contributed by atoms with Gasteiger partial charge >= 0.3 is 11.9 Å². The molecule has 2 aromatic rings. The highest BCUT2D eigenvalue weighted by molar-refractivity contribution is 5.95. The molecule has 2 aromatic carbocycles. The first-order chi connectivity index (χ1) is 12.3. The highest BCUT2D eigenvalue weighted by Gasteiger charge is 2.37. The molecule has 136 valence electrons. The summed E-state index contributed by atoms with van der Waals surface area (Å²) in [4.78, 5) is 23.6. The molecule has 3 rings (SSSR count). The number of carbonyl (C=O) groups is 2. The van der Waals surface area contributed by atoms with E-state index in [1.165, 1.54) is 14.2 Å². The first-order valence-corrected chi connectivity index (χ1v) is 8.10. The van der Waals surface area contributed by atoms with E-state index in [0.29, 0.717) is 28.2 Å². The fourth-order valence-electron chi connectivity index (χ4n) is 3.20. The summed E-state index contributed by atoms with van der Waals surface area (Å²) in [5.74, 6) is -0.486. The Balaban J connectivity index is 2.28. The van der Waals surface area contributed by atoms with E-state index in [1.54, 1.807) is 38.1 Å². The van der Waals surface area contributed by atoms with E-state index >= 15 is 0 Å². The first-order valence-electron chi connectivity index (χ1n) is 8.10. The number of esters is 1. The van der Waals surface area contributed by atoms with Crippen molar-refractivity contribution in [3.8, 4) is 22.6 Å². The molecule has 0 amide bonds. The Labute approximate surface area is 151 Å². The molecule has 0 unspecified atom stereocenters. The Bertz CT molecular complexity index is 897. The minimum absolute atomic E-state index is 0.215. The summed E-state index contributed by atoms with van der Waals surface area (Å²) in [6, 6.07) is 8.89. The molecule has 0 spiro atoms. The molecule has 0 aliphatic carbocycles. The van der Waals surface area contributed by atoms with Crippen LogP contribution in [0.4, 0.5) is 0 Å². The topological polar surface area (TPSA) is 82.1 Å². The molecule has 0 saturated carbocycles. The van der Waals surface area contributed by atoms with E-state index < -0.39 is 11.4 Å². The van der Waals surface area contributed by atoms with Crippen molar-refractivity contribution in [1.82, 2.24) is 0 Å². The third-order valence-corrected chi connectivity index (χ3v) is 4.70. The van der Waals surface area contributed by atoms with Gasteiger partial charge < -0.3 is 19.3 Å². The second-order valence-electron chi connectivity index (χ2n) is 6.60. The third-order valence-electron chi connectivity index (χ3n) is 4.70. The highest BCUT2D eigenvalue weighted by Crippen LogP contribution is 2.45. The maximum Gasteiger partial charge on any atom is 0.338 e. The van der Waals surface area contributed by atoms with Crippen molar-refractivity contribution < 1.29 is 28.9 Å². The van der Waals surface area contributed by atoms with Gasteiger partial charge in [-0.05, 0) is 43.2 Å². The quantitative estimate of drug-likeness (QED) is 0.827. The first kappa shape index (κ1) is 17.8. The number of hydrogen-bond donors (Lipinski definition) is 1. The van der Waals surface area contributed by atoms with Gasteiger partial charge in [0.05, 0.1) is 25.2 Å². The zero-order chi connectivity index (χ0) is 19.1. The minimum Gasteiger partial charge on any atom is -0.493 e. The van der Waals surface area contributed by atoms with Crippen LogP contribution in [-0.4, -0.2) is 31.3 Å². The number of methoxy groups -OCH3 is 2. The van der Waals surface area contributed by atoms with Crippen LogP contribution in [0.3, 0.4) is 0 Å². The molecule has 0 aromatic heterocycles. The van der Waals surface area contributed by atoms with Crippen molar-refractivity contribution in [3.63, 3.8) is 0 Å². The zero-order valence-corrected chi connectivity index (χ0v) is 15.1. The molecule has 0 bridgehead atoms. The van der Waals surface area contributed by atoms with Gasteiger partial charge in [0.15, 0.2) is 11.5 Å². The number of aliphatic carboxylic acids is 1. The van der Waals surface area contributed by atoms with Gasteiger partial charge in [-0.15, -0.1) is 0 Å². The van der Waals surface area contributed by atoms with Crippen LogP contribution in [0.2, 0.25) is 0 Å². The second kappa shape index (κ2) is 6.37. The van der Waals surface area contributed by atoms with E-state index in [-0.39, 0.29) is 12.6 Å². The van der Waals surface area contributed by atoms with E-state index in [2.05, 4.69) is 0 Å². The van der Waals surface area contributed by atoms with E-state index in [4.69, 9.17) is 14.2 Å². The summed E-state index contributed by atoms with van der Waals surface area (Å²) >= 11 is 0. The SMILES string of the molecule is COc1ccc(-c2ccc3c(c2)COC3=O)c(C(C)(C)C(=O)O)c1OC. The van der Waals surface area contributed by atoms with Crippen LogP contribution in [0.25, 0.3) is 11.1 Å². The van der Waals surface area contributed by atoms with Crippen LogP contribution < -0.4 is 9.47 Å². The monoisotopic (exact) mass is 356 g/mol. The molecule has 1 N–H and O–H groups in total. The molecule has 26 heavy (non-hydrogen) atoms. The van der Waals surface area contributed by atoms with Gasteiger partial charge in [0.1, 0.15) is 6.61 Å². The molecule has 0 saturated heterocycles. The van der Waals surface area contributed by atoms with Crippen LogP contribution in [0.1, 0.15) is 35.3 Å². The Kier molecular flexibility index (Phi) is 4.36. The lowest BCUT2D eigenvalue weighted by Gasteiger charge is -2.27. The van der Waals surface area contributed by atoms with Gasteiger partial charge in [0.25, 0.3) is 0 Å². The number of rotatable bonds is 5. The number of hydrogen-bond acceptors (Lipinski definition) is 5. The molecular formula is C20H20O6. The largest absolute Gasteiger partial charge is 0.493 e. The molecule has 0 fully saturated rings. The highest BCUT2D eigenvalue weighted by atomic mass is 16.5. The summed E-state index contributed by atoms with van der Waals surface area (Å²) < 4.78 is 15.9. The standard InChI is InChI=1S/C20H20O6/c1-20(2,19(22)23)16-13(7-8-15(24-3)17(16)25-4)11-5-6-14-12(9-11)10-26-18(14)21/h5-9H,10H2,1-4H3,(H,22,23). The summed E-state index contributed by atoms with van der Waals surface area (Å²) in [6.45, 7) is 3.46. The van der Waals surface area contributed by atoms with Crippen molar-refractivity contribution in [1.29, 1.82) is 0 Å². The van der Waals surface area contributed by atoms with Crippen molar-refractivity contribution in [2.75, 3.05) is 14.2 Å². The molecule has 6 nitrogen and oxygen atoms in total.